The van der Waals surface area contributed by atoms with Crippen LogP contribution in [-0.4, -0.2) is 321 Å². The lowest BCUT2D eigenvalue weighted by atomic mass is 9.94. The first-order chi connectivity index (χ1) is 39.6. The van der Waals surface area contributed by atoms with Gasteiger partial charge in [-0.15, -0.1) is 74.4 Å². The van der Waals surface area contributed by atoms with Crippen LogP contribution in [0.15, 0.2) is 30.0 Å². The number of hydrogen-bond acceptors (Lipinski definition) is 30. The Labute approximate surface area is 548 Å². The monoisotopic (exact) mass is 1430 g/mol. The highest BCUT2D eigenvalue weighted by Crippen LogP contribution is 2.38. The molecule has 42 nitrogen and oxygen atoms in total. The minimum atomic E-state index is -2.20. The fourth-order valence-corrected chi connectivity index (χ4v) is 10.1. The molecule has 90 heavy (non-hydrogen) atoms. The van der Waals surface area contributed by atoms with Gasteiger partial charge < -0.3 is 187 Å². The van der Waals surface area contributed by atoms with E-state index in [1.54, 1.807) is 0 Å². The largest absolute Gasteiger partial charge is 0.387 e. The third-order valence-corrected chi connectivity index (χ3v) is 14.3. The third kappa shape index (κ3) is 20.2. The van der Waals surface area contributed by atoms with E-state index in [4.69, 9.17) is 126 Å². The van der Waals surface area contributed by atoms with E-state index in [2.05, 4.69) is 30.0 Å². The summed E-state index contributed by atoms with van der Waals surface area (Å²) >= 11 is 0. The Hall–Kier alpha value is -3.60. The zero-order valence-corrected chi connectivity index (χ0v) is 51.8. The number of aliphatic hydroxyl groups excluding tert-OH is 12. The van der Waals surface area contributed by atoms with Gasteiger partial charge in [0.15, 0.2) is 73.5 Å². The lowest BCUT2D eigenvalue weighted by Crippen LogP contribution is -2.69. The number of nitrogens with zero attached hydrogens (tertiary/aromatic N) is 6. The zero-order chi connectivity index (χ0) is 61.8. The normalized spacial score (nSPS) is 42.4. The Balaban J connectivity index is 0.00000675. The summed E-state index contributed by atoms with van der Waals surface area (Å²) in [5, 5.41) is 141. The van der Waals surface area contributed by atoms with Crippen molar-refractivity contribution in [3.8, 4) is 0 Å². The third-order valence-electron chi connectivity index (χ3n) is 14.3. The molecule has 22 rings (SSSR count). The summed E-state index contributed by atoms with van der Waals surface area (Å²) < 4.78 is 72.5. The maximum atomic E-state index is 11.8. The van der Waals surface area contributed by atoms with Crippen LogP contribution in [0.2, 0.25) is 0 Å². The molecule has 0 aromatic heterocycles. The smallest absolute Gasteiger partial charge is 0.187 e. The molecule has 22 saturated heterocycles. The zero-order valence-electron chi connectivity index (χ0n) is 46.9. The van der Waals surface area contributed by atoms with Crippen molar-refractivity contribution >= 4 is 110 Å². The van der Waals surface area contributed by atoms with Gasteiger partial charge in [0.2, 0.25) is 0 Å². The van der Waals surface area contributed by atoms with Crippen LogP contribution in [0.1, 0.15) is 0 Å². The average molecular weight is 1440 g/mol. The lowest BCUT2D eigenvalue weighted by molar-refractivity contribution is -0.398. The number of ether oxygens (including phenoxy) is 12. The molecule has 0 aliphatic carbocycles. The number of aliphatic hydroxyl groups is 12. The van der Waals surface area contributed by atoms with E-state index in [-0.39, 0.29) is 74.4 Å². The summed E-state index contributed by atoms with van der Waals surface area (Å²) in [4.78, 5) is 23.6. The summed E-state index contributed by atoms with van der Waals surface area (Å²) in [7, 11) is 0. The van der Waals surface area contributed by atoms with E-state index >= 15 is 0 Å². The fraction of sp³-hybridized carbons (Fsp3) is 0.857. The molecule has 0 radical (unpaired) electrons. The first kappa shape index (κ1) is 84.4. The quantitative estimate of drug-likeness (QED) is 0.0637. The molecule has 0 spiro atoms. The molecule has 36 N–H and O–H groups in total. The van der Waals surface area contributed by atoms with Crippen LogP contribution in [0.5, 0.6) is 0 Å². The first-order valence-corrected chi connectivity index (χ1v) is 25.9. The standard InChI is InChI=1S/C42H78N18O24.6ClH/c43-37(44)55-1-7-25-13(61)19(67)31(73-7)80-26-8(2-56-38(45)46)75-33(21(69)15(26)63)82-28-10(4-58-40(49)50)77-35(23(71)17(28)65)84-30-12(6-60-42(53)54)78-36(24(72)18(30)66)83-29-11(5-59-41(51)52)76-34(22(70)16(29)64)81-27-9(3-57-39(47)48)74-32(79-25)20(68)14(27)62;;;;;;/h7-36,61-72H,1-6H2,(H4,43,44,55)(H4,45,46,56)(H4,47,48,57)(H4,49,50,58)(H4,51,52,59)(H4,53,54,60);6*1H/t7-,8-,9-,10-,11-,12-,13-,14-,15-,16-,17-,18-,19-,20-,21-,22-,23-,24-,25-,26-,27-,28-,29-,30-,31-,32-,33-,34-,35-,36-;;;;;;/m1....../s1. The summed E-state index contributed by atoms with van der Waals surface area (Å²) in [5.74, 6) is -3.12. The molecule has 0 unspecified atom stereocenters. The Morgan fingerprint density at radius 1 is 0.200 bits per heavy atom. The van der Waals surface area contributed by atoms with Crippen LogP contribution in [-0.2, 0) is 56.8 Å². The highest BCUT2D eigenvalue weighted by Gasteiger charge is 2.59. The van der Waals surface area contributed by atoms with Gasteiger partial charge in [0.25, 0.3) is 0 Å². The second-order valence-corrected chi connectivity index (χ2v) is 20.3. The minimum absolute atomic E-state index is 0. The van der Waals surface area contributed by atoms with Gasteiger partial charge in [-0.05, 0) is 0 Å². The van der Waals surface area contributed by atoms with E-state index < -0.39 is 259 Å². The van der Waals surface area contributed by atoms with Crippen LogP contribution in [0.4, 0.5) is 0 Å². The van der Waals surface area contributed by atoms with Crippen LogP contribution in [0, 0.1) is 0 Å². The molecular weight excluding hydrogens is 1350 g/mol. The summed E-state index contributed by atoms with van der Waals surface area (Å²) in [6.07, 6.45) is -59.0. The van der Waals surface area contributed by atoms with Crippen molar-refractivity contribution in [2.45, 2.75) is 184 Å². The number of rotatable bonds is 12. The van der Waals surface area contributed by atoms with Crippen molar-refractivity contribution in [1.29, 1.82) is 0 Å². The van der Waals surface area contributed by atoms with Gasteiger partial charge in [0.1, 0.15) is 146 Å². The number of guanidine groups is 6. The van der Waals surface area contributed by atoms with E-state index in [0.717, 1.165) is 0 Å². The van der Waals surface area contributed by atoms with E-state index in [0.29, 0.717) is 0 Å². The van der Waals surface area contributed by atoms with Gasteiger partial charge in [0, 0.05) is 0 Å². The molecule has 48 heteroatoms. The molecule has 0 aromatic carbocycles. The van der Waals surface area contributed by atoms with Crippen molar-refractivity contribution in [2.24, 2.45) is 98.8 Å². The number of hydrogen-bond donors (Lipinski definition) is 24. The minimum Gasteiger partial charge on any atom is -0.387 e. The number of aliphatic imine (C=N–C) groups is 6. The second kappa shape index (κ2) is 36.9. The predicted octanol–water partition coefficient (Wildman–Crippen LogP) is -14.8. The summed E-state index contributed by atoms with van der Waals surface area (Å²) in [6, 6.07) is 0. The molecule has 30 atom stereocenters. The van der Waals surface area contributed by atoms with Gasteiger partial charge in [0.05, 0.1) is 39.3 Å². The second-order valence-electron chi connectivity index (χ2n) is 20.3. The van der Waals surface area contributed by atoms with Crippen LogP contribution >= 0.6 is 74.4 Å². The molecular formula is C42H84Cl6N18O24. The first-order valence-electron chi connectivity index (χ1n) is 25.9. The fourth-order valence-electron chi connectivity index (χ4n) is 10.1. The molecule has 22 fully saturated rings. The maximum absolute atomic E-state index is 11.8. The molecule has 528 valence electrons. The van der Waals surface area contributed by atoms with E-state index in [1.165, 1.54) is 0 Å². The highest BCUT2D eigenvalue weighted by molar-refractivity contribution is 5.86. The molecule has 0 saturated carbocycles. The molecule has 22 aliphatic rings. The number of halogens is 6. The summed E-state index contributed by atoms with van der Waals surface area (Å²) in [6.45, 7) is -3.63. The number of nitrogens with two attached hydrogens (primary N) is 12. The van der Waals surface area contributed by atoms with Gasteiger partial charge in [-0.3, -0.25) is 30.0 Å². The topological polar surface area (TPSA) is 740 Å². The van der Waals surface area contributed by atoms with Gasteiger partial charge in [-0.25, -0.2) is 0 Å². The lowest BCUT2D eigenvalue weighted by Gasteiger charge is -2.50. The average Bonchev–Trinajstić information content (AvgIpc) is 0.913. The van der Waals surface area contributed by atoms with Crippen molar-refractivity contribution in [1.82, 2.24) is 0 Å². The van der Waals surface area contributed by atoms with Crippen molar-refractivity contribution in [3.63, 3.8) is 0 Å². The van der Waals surface area contributed by atoms with Crippen molar-refractivity contribution < 1.29 is 118 Å². The Bertz CT molecular complexity index is 1970. The van der Waals surface area contributed by atoms with Crippen LogP contribution in [0.3, 0.4) is 0 Å². The van der Waals surface area contributed by atoms with Crippen molar-refractivity contribution in [2.75, 3.05) is 39.3 Å². The Morgan fingerprint density at radius 3 is 0.411 bits per heavy atom. The maximum Gasteiger partial charge on any atom is 0.187 e. The van der Waals surface area contributed by atoms with E-state index in [9.17, 15) is 61.3 Å². The SMILES string of the molecule is Cl.Cl.Cl.Cl.Cl.Cl.NC(N)=NC[C@H]1O[C@@H]2O[C@H]3[C@H](O)[C@@H](O)[C@@H](O[C@H]4[C@H](O)[C@@H](O)[C@@H](O[C@H]5[C@H](O)[C@@H](O)[C@@H](O[C@H]6[C@H](O)[C@@H](O)[C@@H](O[C@H]7[C@H](O)[C@@H](O)[C@@H](O[C@H]1[C@H](O)[C@H]2O)O[C@@H]7CN=C(N)N)O[C@@H]6CN=C(N)N)O[C@@H]5CN=C(N)N)O[C@@H]4CN=C(N)N)O[C@@H]3CN=C(N)N. The molecule has 0 aromatic rings. The van der Waals surface area contributed by atoms with Gasteiger partial charge >= 0.3 is 0 Å². The van der Waals surface area contributed by atoms with E-state index in [1.807, 2.05) is 0 Å². The molecule has 12 bridgehead atoms. The predicted molar refractivity (Wildman–Crippen MR) is 321 cm³/mol. The van der Waals surface area contributed by atoms with Gasteiger partial charge in [-0.2, -0.15) is 0 Å². The Kier molecular flexibility index (Phi) is 34.6. The molecule has 22 aliphatic heterocycles. The summed E-state index contributed by atoms with van der Waals surface area (Å²) in [5.41, 5.74) is 67.7. The van der Waals surface area contributed by atoms with Crippen molar-refractivity contribution in [3.05, 3.63) is 0 Å². The molecule has 22 heterocycles. The van der Waals surface area contributed by atoms with Crippen LogP contribution in [0.25, 0.3) is 0 Å². The highest BCUT2D eigenvalue weighted by atomic mass is 35.5. The van der Waals surface area contributed by atoms with Gasteiger partial charge in [-0.1, -0.05) is 0 Å². The molecule has 0 amide bonds. The Morgan fingerprint density at radius 2 is 0.311 bits per heavy atom. The van der Waals surface area contributed by atoms with Crippen LogP contribution < -0.4 is 68.8 Å².